The van der Waals surface area contributed by atoms with E-state index in [9.17, 15) is 9.59 Å². The lowest BCUT2D eigenvalue weighted by atomic mass is 10.2. The monoisotopic (exact) mass is 207 g/mol. The molecule has 1 rings (SSSR count). The molecule has 0 saturated heterocycles. The van der Waals surface area contributed by atoms with Crippen molar-refractivity contribution in [2.45, 2.75) is 0 Å². The maximum absolute atomic E-state index is 11.3. The van der Waals surface area contributed by atoms with Crippen molar-refractivity contribution in [1.29, 1.82) is 0 Å². The molecule has 15 heavy (non-hydrogen) atoms. The summed E-state index contributed by atoms with van der Waals surface area (Å²) in [6, 6.07) is 7.04. The molecule has 0 spiro atoms. The average Bonchev–Trinajstić information content (AvgIpc) is 2.26. The Labute approximate surface area is 88.0 Å². The van der Waals surface area contributed by atoms with Gasteiger partial charge in [-0.05, 0) is 24.3 Å². The first-order valence-electron chi connectivity index (χ1n) is 4.42. The van der Waals surface area contributed by atoms with E-state index in [0.29, 0.717) is 12.0 Å². The quantitative estimate of drug-likeness (QED) is 0.545. The van der Waals surface area contributed by atoms with Gasteiger partial charge in [-0.1, -0.05) is 0 Å². The lowest BCUT2D eigenvalue weighted by Gasteiger charge is -2.12. The Morgan fingerprint density at radius 2 is 1.87 bits per heavy atom. The van der Waals surface area contributed by atoms with Crippen molar-refractivity contribution >= 4 is 18.0 Å². The van der Waals surface area contributed by atoms with E-state index < -0.39 is 0 Å². The molecule has 0 aliphatic carbocycles. The van der Waals surface area contributed by atoms with Gasteiger partial charge in [0.2, 0.25) is 6.41 Å². The van der Waals surface area contributed by atoms with E-state index in [-0.39, 0.29) is 5.91 Å². The van der Waals surface area contributed by atoms with Crippen LogP contribution in [0, 0.1) is 0 Å². The first-order valence-corrected chi connectivity index (χ1v) is 4.42. The summed E-state index contributed by atoms with van der Waals surface area (Å²) in [6.45, 7) is 0. The molecule has 0 aliphatic heterocycles. The molecule has 80 valence electrons. The zero-order chi connectivity index (χ0) is 11.3. The predicted octanol–water partition coefficient (Wildman–Crippen LogP) is 0.143. The van der Waals surface area contributed by atoms with Gasteiger partial charge >= 0.3 is 0 Å². The van der Waals surface area contributed by atoms with Gasteiger partial charge in [-0.3, -0.25) is 20.4 Å². The second kappa shape index (κ2) is 4.99. The molecule has 5 nitrogen and oxygen atoms in total. The molecule has 2 N–H and O–H groups in total. The van der Waals surface area contributed by atoms with Crippen LogP contribution in [0.1, 0.15) is 10.4 Å². The Balaban J connectivity index is 2.71. The second-order valence-corrected chi connectivity index (χ2v) is 3.16. The molecule has 5 heteroatoms. The molecule has 1 aromatic carbocycles. The number of carbonyl (C=O) groups excluding carboxylic acids is 2. The van der Waals surface area contributed by atoms with Crippen molar-refractivity contribution in [3.8, 4) is 0 Å². The third-order valence-electron chi connectivity index (χ3n) is 1.89. The van der Waals surface area contributed by atoms with E-state index in [2.05, 4.69) is 10.9 Å². The van der Waals surface area contributed by atoms with E-state index in [1.54, 1.807) is 12.1 Å². The molecule has 0 atom stereocenters. The smallest absolute Gasteiger partial charge is 0.269 e. The van der Waals surface area contributed by atoms with Crippen LogP contribution >= 0.6 is 0 Å². The molecule has 0 fully saturated rings. The van der Waals surface area contributed by atoms with Crippen LogP contribution in [0.15, 0.2) is 24.3 Å². The summed E-state index contributed by atoms with van der Waals surface area (Å²) < 4.78 is 0. The van der Waals surface area contributed by atoms with Crippen molar-refractivity contribution < 1.29 is 9.59 Å². The van der Waals surface area contributed by atoms with Crippen LogP contribution in [0.3, 0.4) is 0 Å². The number of anilines is 1. The van der Waals surface area contributed by atoms with Gasteiger partial charge in [-0.25, -0.2) is 0 Å². The highest BCUT2D eigenvalue weighted by molar-refractivity contribution is 5.94. The fraction of sp³-hybridized carbons (Fsp3) is 0.200. The van der Waals surface area contributed by atoms with Crippen molar-refractivity contribution in [3.63, 3.8) is 0 Å². The number of rotatable bonds is 4. The highest BCUT2D eigenvalue weighted by Crippen LogP contribution is 2.11. The lowest BCUT2D eigenvalue weighted by molar-refractivity contribution is -0.110. The van der Waals surface area contributed by atoms with E-state index >= 15 is 0 Å². The minimum Gasteiger partial charge on any atom is -0.378 e. The molecule has 0 bridgehead atoms. The summed E-state index contributed by atoms with van der Waals surface area (Å²) in [5.41, 5.74) is 5.82. The number of hydrogen-bond acceptors (Lipinski definition) is 3. The number of hydrazine groups is 1. The zero-order valence-corrected chi connectivity index (χ0v) is 8.65. The predicted molar refractivity (Wildman–Crippen MR) is 57.4 cm³/mol. The number of benzene rings is 1. The van der Waals surface area contributed by atoms with Gasteiger partial charge < -0.3 is 4.90 Å². The van der Waals surface area contributed by atoms with Crippen molar-refractivity contribution in [2.75, 3.05) is 19.0 Å². The normalized spacial score (nSPS) is 9.20. The van der Waals surface area contributed by atoms with E-state index in [0.717, 1.165) is 5.69 Å². The topological polar surface area (TPSA) is 61.4 Å². The van der Waals surface area contributed by atoms with E-state index in [1.165, 1.54) is 0 Å². The Bertz CT molecular complexity index is 346. The third kappa shape index (κ3) is 2.98. The molecule has 0 radical (unpaired) electrons. The van der Waals surface area contributed by atoms with E-state index in [4.69, 9.17) is 0 Å². The SMILES string of the molecule is CN(C)c1ccc(C(=O)NNC=O)cc1. The standard InChI is InChI=1S/C10H13N3O2/c1-13(2)9-5-3-8(4-6-9)10(15)12-11-7-14/h3-7H,1-2H3,(H,11,14)(H,12,15). The van der Waals surface area contributed by atoms with Crippen LogP contribution < -0.4 is 15.8 Å². The summed E-state index contributed by atoms with van der Waals surface area (Å²) in [5, 5.41) is 0. The van der Waals surface area contributed by atoms with Gasteiger partial charge in [-0.15, -0.1) is 0 Å². The van der Waals surface area contributed by atoms with Gasteiger partial charge in [-0.2, -0.15) is 0 Å². The van der Waals surface area contributed by atoms with Gasteiger partial charge in [0.05, 0.1) is 0 Å². The lowest BCUT2D eigenvalue weighted by Crippen LogP contribution is -2.36. The first-order chi connectivity index (χ1) is 7.15. The fourth-order valence-electron chi connectivity index (χ4n) is 1.08. The second-order valence-electron chi connectivity index (χ2n) is 3.16. The number of carbonyl (C=O) groups is 2. The maximum atomic E-state index is 11.3. The van der Waals surface area contributed by atoms with Crippen LogP contribution in [0.5, 0.6) is 0 Å². The molecular formula is C10H13N3O2. The molecule has 1 aromatic rings. The molecule has 2 amide bonds. The van der Waals surface area contributed by atoms with Gasteiger partial charge in [0.15, 0.2) is 0 Å². The largest absolute Gasteiger partial charge is 0.378 e. The Morgan fingerprint density at radius 1 is 1.27 bits per heavy atom. The Morgan fingerprint density at radius 3 is 2.33 bits per heavy atom. The molecule has 0 unspecified atom stereocenters. The summed E-state index contributed by atoms with van der Waals surface area (Å²) >= 11 is 0. The highest BCUT2D eigenvalue weighted by atomic mass is 16.2. The maximum Gasteiger partial charge on any atom is 0.269 e. The minimum atomic E-state index is -0.340. The zero-order valence-electron chi connectivity index (χ0n) is 8.65. The summed E-state index contributed by atoms with van der Waals surface area (Å²) in [6.07, 6.45) is 0.409. The fourth-order valence-corrected chi connectivity index (χ4v) is 1.08. The first kappa shape index (κ1) is 11.0. The van der Waals surface area contributed by atoms with Gasteiger partial charge in [0, 0.05) is 25.3 Å². The highest BCUT2D eigenvalue weighted by Gasteiger charge is 2.04. The van der Waals surface area contributed by atoms with Crippen LogP contribution in [0.25, 0.3) is 0 Å². The molecule has 0 saturated carbocycles. The molecule has 0 aromatic heterocycles. The molecule has 0 heterocycles. The molecule has 0 aliphatic rings. The summed E-state index contributed by atoms with van der Waals surface area (Å²) in [4.78, 5) is 23.2. The van der Waals surface area contributed by atoms with Crippen LogP contribution in [-0.2, 0) is 4.79 Å². The average molecular weight is 207 g/mol. The number of nitrogens with one attached hydrogen (secondary N) is 2. The number of nitrogens with zero attached hydrogens (tertiary/aromatic N) is 1. The van der Waals surface area contributed by atoms with Crippen LogP contribution in [0.2, 0.25) is 0 Å². The number of amides is 2. The Kier molecular flexibility index (Phi) is 3.68. The summed E-state index contributed by atoms with van der Waals surface area (Å²) in [7, 11) is 3.84. The van der Waals surface area contributed by atoms with Gasteiger partial charge in [0.25, 0.3) is 5.91 Å². The Hall–Kier alpha value is -2.04. The summed E-state index contributed by atoms with van der Waals surface area (Å²) in [5.74, 6) is -0.340. The van der Waals surface area contributed by atoms with Crippen molar-refractivity contribution in [2.24, 2.45) is 0 Å². The van der Waals surface area contributed by atoms with Crippen molar-refractivity contribution in [3.05, 3.63) is 29.8 Å². The van der Waals surface area contributed by atoms with E-state index in [1.807, 2.05) is 31.1 Å². The third-order valence-corrected chi connectivity index (χ3v) is 1.89. The van der Waals surface area contributed by atoms with Crippen LogP contribution in [-0.4, -0.2) is 26.4 Å². The van der Waals surface area contributed by atoms with Gasteiger partial charge in [0.1, 0.15) is 0 Å². The van der Waals surface area contributed by atoms with Crippen LogP contribution in [0.4, 0.5) is 5.69 Å². The van der Waals surface area contributed by atoms with Crippen molar-refractivity contribution in [1.82, 2.24) is 10.9 Å². The number of hydrogen-bond donors (Lipinski definition) is 2. The molecular weight excluding hydrogens is 194 g/mol. The minimum absolute atomic E-state index is 0.340.